The van der Waals surface area contributed by atoms with Crippen LogP contribution in [0.3, 0.4) is 0 Å². The summed E-state index contributed by atoms with van der Waals surface area (Å²) in [5, 5.41) is 11.4. The molecule has 4 aromatic rings. The number of nitrogens with zero attached hydrogens (tertiary/aromatic N) is 2. The lowest BCUT2D eigenvalue weighted by Gasteiger charge is -2.30. The molecule has 7 nitrogen and oxygen atoms in total. The summed E-state index contributed by atoms with van der Waals surface area (Å²) in [6.07, 6.45) is 5.68. The number of aromatic nitrogens is 3. The first-order valence-electron chi connectivity index (χ1n) is 12.4. The summed E-state index contributed by atoms with van der Waals surface area (Å²) in [6, 6.07) is 16.8. The molecule has 0 atom stereocenters. The molecule has 7 heteroatoms. The van der Waals surface area contributed by atoms with E-state index in [9.17, 15) is 4.79 Å². The largest absolute Gasteiger partial charge is 0.494 e. The number of rotatable bonds is 8. The predicted molar refractivity (Wildman–Crippen MR) is 139 cm³/mol. The lowest BCUT2D eigenvalue weighted by molar-refractivity contribution is 0.130. The van der Waals surface area contributed by atoms with E-state index in [-0.39, 0.29) is 6.10 Å². The summed E-state index contributed by atoms with van der Waals surface area (Å²) in [5.41, 5.74) is 6.21. The van der Waals surface area contributed by atoms with Gasteiger partial charge in [0.15, 0.2) is 0 Å². The highest BCUT2D eigenvalue weighted by atomic mass is 16.6. The lowest BCUT2D eigenvalue weighted by atomic mass is 9.92. The van der Waals surface area contributed by atoms with Crippen molar-refractivity contribution in [2.24, 2.45) is 0 Å². The zero-order valence-electron chi connectivity index (χ0n) is 20.5. The first-order chi connectivity index (χ1) is 17.0. The Morgan fingerprint density at radius 1 is 1.17 bits per heavy atom. The minimum Gasteiger partial charge on any atom is -0.494 e. The van der Waals surface area contributed by atoms with E-state index in [1.165, 1.54) is 17.3 Å². The van der Waals surface area contributed by atoms with Crippen molar-refractivity contribution in [3.05, 3.63) is 54.7 Å². The zero-order chi connectivity index (χ0) is 24.4. The van der Waals surface area contributed by atoms with Gasteiger partial charge in [0.05, 0.1) is 29.6 Å². The smallest absolute Gasteiger partial charge is 0.411 e. The number of carbonyl (C=O) groups excluding carboxylic acids is 1. The van der Waals surface area contributed by atoms with Crippen molar-refractivity contribution < 1.29 is 14.3 Å². The Bertz CT molecular complexity index is 1300. The van der Waals surface area contributed by atoms with Gasteiger partial charge in [0.1, 0.15) is 5.75 Å². The van der Waals surface area contributed by atoms with Gasteiger partial charge in [0, 0.05) is 34.9 Å². The van der Waals surface area contributed by atoms with Crippen molar-refractivity contribution >= 4 is 22.7 Å². The van der Waals surface area contributed by atoms with E-state index in [0.29, 0.717) is 18.3 Å². The third kappa shape index (κ3) is 4.63. The average Bonchev–Trinajstić information content (AvgIpc) is 3.43. The summed E-state index contributed by atoms with van der Waals surface area (Å²) < 4.78 is 13.7. The molecule has 0 bridgehead atoms. The zero-order valence-corrected chi connectivity index (χ0v) is 20.5. The maximum Gasteiger partial charge on any atom is 0.411 e. The van der Waals surface area contributed by atoms with Crippen molar-refractivity contribution in [3.63, 3.8) is 0 Å². The van der Waals surface area contributed by atoms with Crippen LogP contribution >= 0.6 is 0 Å². The highest BCUT2D eigenvalue weighted by Gasteiger charge is 2.29. The molecule has 2 aromatic carbocycles. The van der Waals surface area contributed by atoms with Gasteiger partial charge in [-0.05, 0) is 75.4 Å². The third-order valence-corrected chi connectivity index (χ3v) is 6.41. The summed E-state index contributed by atoms with van der Waals surface area (Å²) in [5.74, 6) is 0.892. The van der Waals surface area contributed by atoms with E-state index in [1.54, 1.807) is 6.20 Å². The number of amides is 1. The number of H-pyrrole nitrogens is 1. The molecule has 0 unspecified atom stereocenters. The normalized spacial score (nSPS) is 13.7. The fourth-order valence-electron chi connectivity index (χ4n) is 4.65. The van der Waals surface area contributed by atoms with Gasteiger partial charge in [-0.1, -0.05) is 19.1 Å². The molecule has 0 saturated heterocycles. The van der Waals surface area contributed by atoms with Crippen LogP contribution in [-0.2, 0) is 4.74 Å². The average molecular weight is 473 g/mol. The SMILES string of the molecule is CCCOc1ccc2c(-c3ccn[nH]3)c(-c3ccc(NC(=O)OC(C)C)cc3)n(C3CCC3)c2c1. The van der Waals surface area contributed by atoms with Crippen LogP contribution in [0.15, 0.2) is 54.7 Å². The Morgan fingerprint density at radius 3 is 2.60 bits per heavy atom. The molecule has 0 aliphatic heterocycles. The highest BCUT2D eigenvalue weighted by molar-refractivity contribution is 6.04. The maximum atomic E-state index is 12.0. The van der Waals surface area contributed by atoms with Crippen LogP contribution in [0.25, 0.3) is 33.4 Å². The third-order valence-electron chi connectivity index (χ3n) is 6.41. The molecule has 2 N–H and O–H groups in total. The van der Waals surface area contributed by atoms with Gasteiger partial charge in [-0.2, -0.15) is 5.10 Å². The van der Waals surface area contributed by atoms with Gasteiger partial charge in [-0.3, -0.25) is 10.4 Å². The molecule has 0 radical (unpaired) electrons. The first kappa shape index (κ1) is 23.0. The summed E-state index contributed by atoms with van der Waals surface area (Å²) in [6.45, 7) is 6.48. The molecule has 5 rings (SSSR count). The number of hydrogen-bond acceptors (Lipinski definition) is 4. The fourth-order valence-corrected chi connectivity index (χ4v) is 4.65. The van der Waals surface area contributed by atoms with Crippen molar-refractivity contribution in [3.8, 4) is 28.3 Å². The van der Waals surface area contributed by atoms with E-state index in [0.717, 1.165) is 47.5 Å². The van der Waals surface area contributed by atoms with Gasteiger partial charge in [0.25, 0.3) is 0 Å². The molecule has 35 heavy (non-hydrogen) atoms. The van der Waals surface area contributed by atoms with Gasteiger partial charge < -0.3 is 14.0 Å². The number of nitrogens with one attached hydrogen (secondary N) is 2. The lowest BCUT2D eigenvalue weighted by Crippen LogP contribution is -2.18. The number of aromatic amines is 1. The Hall–Kier alpha value is -3.74. The molecule has 2 aromatic heterocycles. The standard InChI is InChI=1S/C28H32N4O3/c1-4-16-34-22-12-13-23-25(17-22)32(21-6-5-7-21)27(26(23)24-14-15-29-31-24)19-8-10-20(11-9-19)30-28(33)35-18(2)3/h8-15,17-18,21H,4-7,16H2,1-3H3,(H,29,31)(H,30,33). The summed E-state index contributed by atoms with van der Waals surface area (Å²) in [4.78, 5) is 12.0. The van der Waals surface area contributed by atoms with E-state index >= 15 is 0 Å². The number of ether oxygens (including phenoxy) is 2. The molecule has 0 spiro atoms. The number of benzene rings is 2. The second-order valence-electron chi connectivity index (χ2n) is 9.33. The number of carbonyl (C=O) groups is 1. The van der Waals surface area contributed by atoms with E-state index in [1.807, 2.05) is 32.0 Å². The van der Waals surface area contributed by atoms with Crippen LogP contribution in [0.1, 0.15) is 52.5 Å². The first-order valence-corrected chi connectivity index (χ1v) is 12.4. The summed E-state index contributed by atoms with van der Waals surface area (Å²) >= 11 is 0. The maximum absolute atomic E-state index is 12.0. The van der Waals surface area contributed by atoms with Crippen LogP contribution in [0.4, 0.5) is 10.5 Å². The van der Waals surface area contributed by atoms with Crippen molar-refractivity contribution in [1.29, 1.82) is 0 Å². The molecule has 182 valence electrons. The molecular formula is C28H32N4O3. The number of fused-ring (bicyclic) bond motifs is 1. The van der Waals surface area contributed by atoms with E-state index < -0.39 is 6.09 Å². The van der Waals surface area contributed by atoms with Crippen molar-refractivity contribution in [1.82, 2.24) is 14.8 Å². The second-order valence-corrected chi connectivity index (χ2v) is 9.33. The molecule has 1 saturated carbocycles. The quantitative estimate of drug-likeness (QED) is 0.285. The fraction of sp³-hybridized carbons (Fsp3) is 0.357. The van der Waals surface area contributed by atoms with Crippen LogP contribution in [0, 0.1) is 0 Å². The Labute approximate surface area is 205 Å². The van der Waals surface area contributed by atoms with Crippen LogP contribution in [0.5, 0.6) is 5.75 Å². The molecule has 1 aliphatic carbocycles. The molecule has 1 amide bonds. The van der Waals surface area contributed by atoms with Gasteiger partial charge >= 0.3 is 6.09 Å². The highest BCUT2D eigenvalue weighted by Crippen LogP contribution is 2.47. The summed E-state index contributed by atoms with van der Waals surface area (Å²) in [7, 11) is 0. The van der Waals surface area contributed by atoms with Crippen molar-refractivity contribution in [2.75, 3.05) is 11.9 Å². The van der Waals surface area contributed by atoms with E-state index in [4.69, 9.17) is 9.47 Å². The Kier molecular flexibility index (Phi) is 6.49. The molecule has 1 aliphatic rings. The minimum atomic E-state index is -0.450. The predicted octanol–water partition coefficient (Wildman–Crippen LogP) is 7.17. The molecular weight excluding hydrogens is 440 g/mol. The number of hydrogen-bond donors (Lipinski definition) is 2. The number of anilines is 1. The topological polar surface area (TPSA) is 81.2 Å². The Morgan fingerprint density at radius 2 is 1.97 bits per heavy atom. The molecule has 1 fully saturated rings. The van der Waals surface area contributed by atoms with Crippen LogP contribution < -0.4 is 10.1 Å². The molecule has 2 heterocycles. The van der Waals surface area contributed by atoms with Crippen LogP contribution in [0.2, 0.25) is 0 Å². The van der Waals surface area contributed by atoms with Crippen LogP contribution in [-0.4, -0.2) is 33.6 Å². The van der Waals surface area contributed by atoms with Gasteiger partial charge in [-0.15, -0.1) is 0 Å². The van der Waals surface area contributed by atoms with Gasteiger partial charge in [0.2, 0.25) is 0 Å². The minimum absolute atomic E-state index is 0.171. The van der Waals surface area contributed by atoms with Crippen molar-refractivity contribution in [2.45, 2.75) is 58.6 Å². The second kappa shape index (κ2) is 9.86. The van der Waals surface area contributed by atoms with E-state index in [2.05, 4.69) is 57.3 Å². The monoisotopic (exact) mass is 472 g/mol. The Balaban J connectivity index is 1.63. The van der Waals surface area contributed by atoms with Gasteiger partial charge in [-0.25, -0.2) is 4.79 Å².